The zero-order valence-corrected chi connectivity index (χ0v) is 14.5. The Labute approximate surface area is 133 Å². The van der Waals surface area contributed by atoms with Gasteiger partial charge < -0.3 is 5.32 Å². The second kappa shape index (κ2) is 6.35. The monoisotopic (exact) mass is 307 g/mol. The van der Waals surface area contributed by atoms with Gasteiger partial charge in [0.1, 0.15) is 0 Å². The first kappa shape index (κ1) is 15.4. The number of nitrogens with zero attached hydrogens (tertiary/aromatic N) is 2. The number of hydrogen-bond donors (Lipinski definition) is 1. The molecule has 0 radical (unpaired) electrons. The molecule has 0 amide bonds. The van der Waals surface area contributed by atoms with Crippen molar-refractivity contribution < 1.29 is 0 Å². The van der Waals surface area contributed by atoms with Crippen LogP contribution in [0.4, 0.5) is 0 Å². The van der Waals surface area contributed by atoms with Gasteiger partial charge in [-0.2, -0.15) is 0 Å². The lowest BCUT2D eigenvalue weighted by Crippen LogP contribution is -2.65. The summed E-state index contributed by atoms with van der Waals surface area (Å²) >= 11 is 1.82. The van der Waals surface area contributed by atoms with Crippen LogP contribution in [0.3, 0.4) is 0 Å². The molecular weight excluding hydrogens is 278 g/mol. The van der Waals surface area contributed by atoms with E-state index in [2.05, 4.69) is 36.0 Å². The maximum atomic E-state index is 4.43. The summed E-state index contributed by atoms with van der Waals surface area (Å²) in [5.74, 6) is 0.701. The Balaban J connectivity index is 1.76. The molecule has 4 heteroatoms. The van der Waals surface area contributed by atoms with E-state index in [4.69, 9.17) is 0 Å². The molecule has 1 saturated carbocycles. The fourth-order valence-electron chi connectivity index (χ4n) is 4.07. The second-order valence-electron chi connectivity index (χ2n) is 7.30. The van der Waals surface area contributed by atoms with Crippen LogP contribution in [0.5, 0.6) is 0 Å². The minimum absolute atomic E-state index is 0.391. The molecule has 1 unspecified atom stereocenters. The minimum Gasteiger partial charge on any atom is -0.308 e. The smallest absolute Gasteiger partial charge is 0.0798 e. The van der Waals surface area contributed by atoms with Gasteiger partial charge in [0, 0.05) is 36.1 Å². The van der Waals surface area contributed by atoms with Gasteiger partial charge in [0.2, 0.25) is 0 Å². The Hall–Kier alpha value is -0.450. The molecule has 0 aromatic carbocycles. The van der Waals surface area contributed by atoms with Crippen LogP contribution in [0.1, 0.15) is 56.5 Å². The fourth-order valence-corrected chi connectivity index (χ4v) is 4.87. The van der Waals surface area contributed by atoms with E-state index >= 15 is 0 Å². The highest BCUT2D eigenvalue weighted by Crippen LogP contribution is 2.34. The summed E-state index contributed by atoms with van der Waals surface area (Å²) in [6, 6.07) is 0.652. The van der Waals surface area contributed by atoms with Crippen molar-refractivity contribution in [2.24, 2.45) is 5.92 Å². The van der Waals surface area contributed by atoms with Gasteiger partial charge >= 0.3 is 0 Å². The average molecular weight is 308 g/mol. The van der Waals surface area contributed by atoms with Crippen molar-refractivity contribution >= 4 is 11.3 Å². The predicted molar refractivity (Wildman–Crippen MR) is 89.7 cm³/mol. The van der Waals surface area contributed by atoms with Crippen molar-refractivity contribution in [2.75, 3.05) is 13.1 Å². The number of aryl methyl sites for hydroxylation is 1. The summed E-state index contributed by atoms with van der Waals surface area (Å²) in [7, 11) is 0. The van der Waals surface area contributed by atoms with Crippen LogP contribution < -0.4 is 5.32 Å². The molecule has 1 saturated heterocycles. The largest absolute Gasteiger partial charge is 0.308 e. The number of rotatable bonds is 3. The van der Waals surface area contributed by atoms with Gasteiger partial charge in [-0.05, 0) is 25.7 Å². The molecule has 2 heterocycles. The molecule has 3 rings (SSSR count). The summed E-state index contributed by atoms with van der Waals surface area (Å²) in [4.78, 5) is 8.63. The number of piperazine rings is 1. The van der Waals surface area contributed by atoms with Gasteiger partial charge in [0.15, 0.2) is 0 Å². The molecule has 1 spiro atoms. The van der Waals surface area contributed by atoms with Gasteiger partial charge in [-0.3, -0.25) is 4.90 Å². The van der Waals surface area contributed by atoms with Gasteiger partial charge in [-0.25, -0.2) is 4.98 Å². The van der Waals surface area contributed by atoms with Crippen molar-refractivity contribution in [3.63, 3.8) is 0 Å². The van der Waals surface area contributed by atoms with Crippen molar-refractivity contribution in [3.8, 4) is 0 Å². The fraction of sp³-hybridized carbons (Fsp3) is 0.824. The molecule has 1 aliphatic carbocycles. The number of thiazole rings is 1. The molecule has 1 aliphatic heterocycles. The van der Waals surface area contributed by atoms with Crippen molar-refractivity contribution in [1.29, 1.82) is 0 Å². The van der Waals surface area contributed by atoms with E-state index in [0.717, 1.165) is 13.1 Å². The summed E-state index contributed by atoms with van der Waals surface area (Å²) in [6.07, 6.45) is 6.93. The quantitative estimate of drug-likeness (QED) is 0.925. The first-order valence-corrected chi connectivity index (χ1v) is 9.36. The molecule has 3 nitrogen and oxygen atoms in total. The number of hydrogen-bond acceptors (Lipinski definition) is 4. The standard InChI is InChI=1S/C17H29N3S/c1-13(2)15-9-19-17(7-5-4-6-8-17)11-20(15)10-16-14(3)18-12-21-16/h12-13,15,19H,4-11H2,1-3H3. The molecule has 21 heavy (non-hydrogen) atoms. The van der Waals surface area contributed by atoms with Crippen LogP contribution >= 0.6 is 11.3 Å². The molecule has 1 aromatic heterocycles. The lowest BCUT2D eigenvalue weighted by molar-refractivity contribution is 0.0314. The van der Waals surface area contributed by atoms with Crippen molar-refractivity contribution in [1.82, 2.24) is 15.2 Å². The number of aromatic nitrogens is 1. The van der Waals surface area contributed by atoms with Gasteiger partial charge in [0.05, 0.1) is 11.2 Å². The SMILES string of the molecule is Cc1ncsc1CN1CC2(CCCCC2)NCC1C(C)C. The van der Waals surface area contributed by atoms with Gasteiger partial charge in [-0.1, -0.05) is 33.1 Å². The zero-order chi connectivity index (χ0) is 14.9. The average Bonchev–Trinajstić information content (AvgIpc) is 2.85. The van der Waals surface area contributed by atoms with E-state index < -0.39 is 0 Å². The highest BCUT2D eigenvalue weighted by molar-refractivity contribution is 7.09. The lowest BCUT2D eigenvalue weighted by Gasteiger charge is -2.51. The van der Waals surface area contributed by atoms with E-state index in [1.54, 1.807) is 0 Å². The third kappa shape index (κ3) is 3.33. The molecule has 1 aromatic rings. The summed E-state index contributed by atoms with van der Waals surface area (Å²) < 4.78 is 0. The first-order valence-electron chi connectivity index (χ1n) is 8.48. The third-order valence-corrected chi connectivity index (χ3v) is 6.35. The van der Waals surface area contributed by atoms with E-state index in [0.29, 0.717) is 17.5 Å². The summed E-state index contributed by atoms with van der Waals surface area (Å²) in [5.41, 5.74) is 3.61. The van der Waals surface area contributed by atoms with Crippen LogP contribution in [0.15, 0.2) is 5.51 Å². The topological polar surface area (TPSA) is 28.2 Å². The zero-order valence-electron chi connectivity index (χ0n) is 13.7. The van der Waals surface area contributed by atoms with E-state index in [1.165, 1.54) is 49.2 Å². The van der Waals surface area contributed by atoms with Crippen LogP contribution in [0.2, 0.25) is 0 Å². The molecule has 1 N–H and O–H groups in total. The Morgan fingerprint density at radius 1 is 1.38 bits per heavy atom. The Bertz CT molecular complexity index is 462. The molecule has 0 bridgehead atoms. The van der Waals surface area contributed by atoms with Crippen LogP contribution in [-0.4, -0.2) is 34.6 Å². The summed E-state index contributed by atoms with van der Waals surface area (Å²) in [5, 5.41) is 3.94. The normalized spacial score (nSPS) is 26.6. The molecule has 118 valence electrons. The predicted octanol–water partition coefficient (Wildman–Crippen LogP) is 3.58. The second-order valence-corrected chi connectivity index (χ2v) is 8.24. The van der Waals surface area contributed by atoms with Crippen LogP contribution in [-0.2, 0) is 6.54 Å². The Morgan fingerprint density at radius 3 is 2.76 bits per heavy atom. The maximum Gasteiger partial charge on any atom is 0.0798 e. The summed E-state index contributed by atoms with van der Waals surface area (Å²) in [6.45, 7) is 10.3. The van der Waals surface area contributed by atoms with Gasteiger partial charge in [-0.15, -0.1) is 11.3 Å². The Kier molecular flexibility index (Phi) is 4.67. The van der Waals surface area contributed by atoms with Crippen LogP contribution in [0.25, 0.3) is 0 Å². The van der Waals surface area contributed by atoms with Gasteiger partial charge in [0.25, 0.3) is 0 Å². The molecule has 1 atom stereocenters. The first-order chi connectivity index (χ1) is 10.1. The highest BCUT2D eigenvalue weighted by Gasteiger charge is 2.40. The van der Waals surface area contributed by atoms with Crippen molar-refractivity contribution in [3.05, 3.63) is 16.1 Å². The molecule has 2 aliphatic rings. The van der Waals surface area contributed by atoms with E-state index in [1.807, 2.05) is 16.8 Å². The van der Waals surface area contributed by atoms with Crippen molar-refractivity contribution in [2.45, 2.75) is 71.0 Å². The highest BCUT2D eigenvalue weighted by atomic mass is 32.1. The van der Waals surface area contributed by atoms with E-state index in [-0.39, 0.29) is 0 Å². The number of nitrogens with one attached hydrogen (secondary N) is 1. The molecular formula is C17H29N3S. The van der Waals surface area contributed by atoms with Crippen LogP contribution in [0, 0.1) is 12.8 Å². The third-order valence-electron chi connectivity index (χ3n) is 5.43. The minimum atomic E-state index is 0.391. The Morgan fingerprint density at radius 2 is 2.14 bits per heavy atom. The van der Waals surface area contributed by atoms with E-state index in [9.17, 15) is 0 Å². The maximum absolute atomic E-state index is 4.43. The molecule has 2 fully saturated rings. The lowest BCUT2D eigenvalue weighted by atomic mass is 9.78.